The van der Waals surface area contributed by atoms with Gasteiger partial charge in [-0.05, 0) is 49.4 Å². The molecule has 0 unspecified atom stereocenters. The molecule has 32 heavy (non-hydrogen) atoms. The van der Waals surface area contributed by atoms with E-state index in [2.05, 4.69) is 128 Å². The van der Waals surface area contributed by atoms with Gasteiger partial charge >= 0.3 is 0 Å². The van der Waals surface area contributed by atoms with Crippen LogP contribution in [0.1, 0.15) is 53.2 Å². The lowest BCUT2D eigenvalue weighted by atomic mass is 10.00. The fourth-order valence-corrected chi connectivity index (χ4v) is 4.91. The summed E-state index contributed by atoms with van der Waals surface area (Å²) < 4.78 is 0. The lowest BCUT2D eigenvalue weighted by Crippen LogP contribution is -2.36. The fourth-order valence-electron chi connectivity index (χ4n) is 4.91. The average Bonchev–Trinajstić information content (AvgIpc) is 3.25. The summed E-state index contributed by atoms with van der Waals surface area (Å²) in [5, 5.41) is 3.95. The van der Waals surface area contributed by atoms with Gasteiger partial charge in [-0.25, -0.2) is 0 Å². The van der Waals surface area contributed by atoms with Crippen molar-refractivity contribution in [2.45, 2.75) is 46.2 Å². The second kappa shape index (κ2) is 10.1. The molecule has 4 rings (SSSR count). The first kappa shape index (κ1) is 22.2. The number of hydrogen-bond acceptors (Lipinski definition) is 3. The first-order valence-electron chi connectivity index (χ1n) is 11.7. The molecule has 3 heteroatoms. The van der Waals surface area contributed by atoms with Crippen molar-refractivity contribution in [1.82, 2.24) is 10.2 Å². The second-order valence-electron chi connectivity index (χ2n) is 8.93. The Morgan fingerprint density at radius 2 is 1.34 bits per heavy atom. The van der Waals surface area contributed by atoms with Crippen molar-refractivity contribution in [3.05, 3.63) is 113 Å². The summed E-state index contributed by atoms with van der Waals surface area (Å²) in [7, 11) is 0. The number of benzene rings is 3. The highest BCUT2D eigenvalue weighted by Gasteiger charge is 2.23. The summed E-state index contributed by atoms with van der Waals surface area (Å²) in [6, 6.07) is 26.8. The molecule has 1 N–H and O–H groups in total. The van der Waals surface area contributed by atoms with Crippen LogP contribution in [0.25, 0.3) is 0 Å². The molecule has 3 nitrogen and oxygen atoms in total. The lowest BCUT2D eigenvalue weighted by molar-refractivity contribution is 0.318. The summed E-state index contributed by atoms with van der Waals surface area (Å²) >= 11 is 0. The predicted molar refractivity (Wildman–Crippen MR) is 136 cm³/mol. The largest absolute Gasteiger partial charge is 0.356 e. The third-order valence-corrected chi connectivity index (χ3v) is 6.35. The molecule has 0 fully saturated rings. The third kappa shape index (κ3) is 5.05. The van der Waals surface area contributed by atoms with Crippen LogP contribution in [0.5, 0.6) is 0 Å². The van der Waals surface area contributed by atoms with Gasteiger partial charge < -0.3 is 15.1 Å². The van der Waals surface area contributed by atoms with E-state index < -0.39 is 0 Å². The normalized spacial score (nSPS) is 15.2. The zero-order valence-corrected chi connectivity index (χ0v) is 19.8. The molecular weight excluding hydrogens is 390 g/mol. The van der Waals surface area contributed by atoms with Crippen molar-refractivity contribution in [3.8, 4) is 0 Å². The molecule has 0 bridgehead atoms. The minimum Gasteiger partial charge on any atom is -0.356 e. The SMILES string of the molecule is CC[C@H](N[C@H](CN1C=CN(c2c(C)cc(C)cc2C)C1)c1ccccc1)c1ccccc1. The minimum absolute atomic E-state index is 0.242. The van der Waals surface area contributed by atoms with Gasteiger partial charge in [0.25, 0.3) is 0 Å². The van der Waals surface area contributed by atoms with E-state index >= 15 is 0 Å². The summed E-state index contributed by atoms with van der Waals surface area (Å²) in [6.07, 6.45) is 5.51. The zero-order chi connectivity index (χ0) is 22.5. The first-order chi connectivity index (χ1) is 15.5. The molecule has 0 saturated carbocycles. The maximum absolute atomic E-state index is 3.95. The van der Waals surface area contributed by atoms with E-state index in [4.69, 9.17) is 0 Å². The standard InChI is InChI=1S/C29H35N3/c1-5-27(25-12-8-6-9-13-25)30-28(26-14-10-7-11-15-26)20-31-16-17-32(21-31)29-23(3)18-22(2)19-24(29)4/h6-19,27-28,30H,5,20-21H2,1-4H3/t27-,28+/m0/s1. The molecule has 3 aromatic rings. The second-order valence-corrected chi connectivity index (χ2v) is 8.93. The number of rotatable bonds is 8. The van der Waals surface area contributed by atoms with Crippen LogP contribution in [0.4, 0.5) is 5.69 Å². The molecule has 3 aromatic carbocycles. The summed E-state index contributed by atoms with van der Waals surface area (Å²) in [5.74, 6) is 0. The molecule has 2 atom stereocenters. The van der Waals surface area contributed by atoms with Crippen molar-refractivity contribution in [1.29, 1.82) is 0 Å². The van der Waals surface area contributed by atoms with Gasteiger partial charge in [0.15, 0.2) is 0 Å². The molecular formula is C29H35N3. The molecule has 1 aliphatic heterocycles. The van der Waals surface area contributed by atoms with E-state index in [9.17, 15) is 0 Å². The van der Waals surface area contributed by atoms with Crippen LogP contribution in [0.3, 0.4) is 0 Å². The lowest BCUT2D eigenvalue weighted by Gasteiger charge is -2.31. The minimum atomic E-state index is 0.242. The zero-order valence-electron chi connectivity index (χ0n) is 19.8. The molecule has 1 heterocycles. The summed E-state index contributed by atoms with van der Waals surface area (Å²) in [6.45, 7) is 10.6. The monoisotopic (exact) mass is 425 g/mol. The first-order valence-corrected chi connectivity index (χ1v) is 11.7. The highest BCUT2D eigenvalue weighted by atomic mass is 15.3. The van der Waals surface area contributed by atoms with Crippen LogP contribution in [-0.4, -0.2) is 18.1 Å². The van der Waals surface area contributed by atoms with Crippen LogP contribution in [0.2, 0.25) is 0 Å². The van der Waals surface area contributed by atoms with E-state index in [1.807, 2.05) is 0 Å². The number of aryl methyl sites for hydroxylation is 3. The maximum Gasteiger partial charge on any atom is 0.0942 e. The molecule has 166 valence electrons. The van der Waals surface area contributed by atoms with Crippen LogP contribution < -0.4 is 10.2 Å². The fraction of sp³-hybridized carbons (Fsp3) is 0.310. The summed E-state index contributed by atoms with van der Waals surface area (Å²) in [4.78, 5) is 4.79. The number of nitrogens with one attached hydrogen (secondary N) is 1. The Morgan fingerprint density at radius 3 is 1.91 bits per heavy atom. The van der Waals surface area contributed by atoms with Crippen LogP contribution >= 0.6 is 0 Å². The quantitative estimate of drug-likeness (QED) is 0.436. The van der Waals surface area contributed by atoms with Crippen LogP contribution in [-0.2, 0) is 0 Å². The van der Waals surface area contributed by atoms with Crippen molar-refractivity contribution in [3.63, 3.8) is 0 Å². The van der Waals surface area contributed by atoms with Gasteiger partial charge in [0.05, 0.1) is 12.7 Å². The number of hydrogen-bond donors (Lipinski definition) is 1. The van der Waals surface area contributed by atoms with E-state index in [0.29, 0.717) is 6.04 Å². The van der Waals surface area contributed by atoms with E-state index in [-0.39, 0.29) is 6.04 Å². The third-order valence-electron chi connectivity index (χ3n) is 6.35. The van der Waals surface area contributed by atoms with Gasteiger partial charge in [-0.3, -0.25) is 0 Å². The highest BCUT2D eigenvalue weighted by Crippen LogP contribution is 2.30. The Bertz CT molecular complexity index is 1020. The van der Waals surface area contributed by atoms with Crippen molar-refractivity contribution in [2.24, 2.45) is 0 Å². The molecule has 0 aromatic heterocycles. The van der Waals surface area contributed by atoms with Gasteiger partial charge in [-0.1, -0.05) is 85.3 Å². The van der Waals surface area contributed by atoms with E-state index in [1.165, 1.54) is 33.5 Å². The Hall–Kier alpha value is -3.04. The van der Waals surface area contributed by atoms with Crippen molar-refractivity contribution < 1.29 is 0 Å². The molecule has 0 saturated heterocycles. The Balaban J connectivity index is 1.52. The Morgan fingerprint density at radius 1 is 0.781 bits per heavy atom. The van der Waals surface area contributed by atoms with Gasteiger partial charge in [-0.2, -0.15) is 0 Å². The molecule has 0 radical (unpaired) electrons. The van der Waals surface area contributed by atoms with Crippen molar-refractivity contribution in [2.75, 3.05) is 18.1 Å². The summed E-state index contributed by atoms with van der Waals surface area (Å²) in [5.41, 5.74) is 8.00. The van der Waals surface area contributed by atoms with Crippen molar-refractivity contribution >= 4 is 5.69 Å². The van der Waals surface area contributed by atoms with Gasteiger partial charge in [-0.15, -0.1) is 0 Å². The Kier molecular flexibility index (Phi) is 6.96. The number of anilines is 1. The average molecular weight is 426 g/mol. The van der Waals surface area contributed by atoms with Gasteiger partial charge in [0.2, 0.25) is 0 Å². The maximum atomic E-state index is 3.95. The molecule has 1 aliphatic rings. The molecule has 0 amide bonds. The smallest absolute Gasteiger partial charge is 0.0942 e. The Labute approximate surface area is 193 Å². The molecule has 0 spiro atoms. The van der Waals surface area contributed by atoms with Crippen LogP contribution in [0.15, 0.2) is 85.2 Å². The van der Waals surface area contributed by atoms with Gasteiger partial charge in [0.1, 0.15) is 0 Å². The highest BCUT2D eigenvalue weighted by molar-refractivity contribution is 5.62. The van der Waals surface area contributed by atoms with Crippen LogP contribution in [0, 0.1) is 20.8 Å². The predicted octanol–water partition coefficient (Wildman–Crippen LogP) is 6.64. The van der Waals surface area contributed by atoms with E-state index in [0.717, 1.165) is 19.6 Å². The number of nitrogens with zero attached hydrogens (tertiary/aromatic N) is 2. The molecule has 0 aliphatic carbocycles. The topological polar surface area (TPSA) is 18.5 Å². The van der Waals surface area contributed by atoms with Gasteiger partial charge in [0, 0.05) is 30.7 Å². The van der Waals surface area contributed by atoms with E-state index in [1.54, 1.807) is 0 Å².